The lowest BCUT2D eigenvalue weighted by atomic mass is 9.39. The molecule has 0 saturated heterocycles. The molecule has 3 nitrogen and oxygen atoms in total. The normalized spacial score (nSPS) is 45.8. The first-order valence-corrected chi connectivity index (χ1v) is 8.21. The zero-order chi connectivity index (χ0) is 14.9. The van der Waals surface area contributed by atoms with E-state index < -0.39 is 6.10 Å². The number of hydrogen-bond donors (Lipinski definition) is 2. The monoisotopic (exact) mass is 286 g/mol. The van der Waals surface area contributed by atoms with Gasteiger partial charge in [0.1, 0.15) is 0 Å². The lowest BCUT2D eigenvalue weighted by molar-refractivity contribution is -0.187. The fourth-order valence-electron chi connectivity index (χ4n) is 6.82. The standard InChI is InChI=1S/C18H26N2O/c1-16-5-12-6-17(2,9-16)11-18(7-12,10-16)15(21)13-8-20-4-3-14(13)19/h3-4,8,12,15,21H,5-7,9-11H2,1-2H3,(H2,19,20). The Hall–Kier alpha value is -1.09. The van der Waals surface area contributed by atoms with Crippen molar-refractivity contribution in [1.82, 2.24) is 4.98 Å². The summed E-state index contributed by atoms with van der Waals surface area (Å²) in [5.41, 5.74) is 8.46. The Morgan fingerprint density at radius 1 is 1.19 bits per heavy atom. The van der Waals surface area contributed by atoms with E-state index >= 15 is 0 Å². The molecule has 3 unspecified atom stereocenters. The summed E-state index contributed by atoms with van der Waals surface area (Å²) < 4.78 is 0. The third kappa shape index (κ3) is 1.93. The highest BCUT2D eigenvalue weighted by Crippen LogP contribution is 2.72. The molecule has 0 radical (unpaired) electrons. The summed E-state index contributed by atoms with van der Waals surface area (Å²) in [5.74, 6) is 0.781. The third-order valence-electron chi connectivity index (χ3n) is 6.43. The average molecular weight is 286 g/mol. The minimum absolute atomic E-state index is 0.0140. The number of nitrogen functional groups attached to an aromatic ring is 1. The lowest BCUT2D eigenvalue weighted by Gasteiger charge is -2.66. The molecule has 4 saturated carbocycles. The van der Waals surface area contributed by atoms with E-state index in [4.69, 9.17) is 5.73 Å². The second-order valence-corrected chi connectivity index (χ2v) is 8.90. The smallest absolute Gasteiger partial charge is 0.0881 e. The number of rotatable bonds is 2. The molecule has 3 N–H and O–H groups in total. The predicted molar refractivity (Wildman–Crippen MR) is 83.4 cm³/mol. The maximum atomic E-state index is 11.2. The van der Waals surface area contributed by atoms with Gasteiger partial charge in [0, 0.05) is 29.1 Å². The molecule has 3 heteroatoms. The minimum atomic E-state index is -0.465. The van der Waals surface area contributed by atoms with E-state index in [1.54, 1.807) is 12.4 Å². The first-order chi connectivity index (χ1) is 9.83. The molecule has 4 aliphatic carbocycles. The number of aliphatic hydroxyl groups is 1. The van der Waals surface area contributed by atoms with Gasteiger partial charge in [-0.15, -0.1) is 0 Å². The van der Waals surface area contributed by atoms with Crippen LogP contribution in [0, 0.1) is 22.2 Å². The summed E-state index contributed by atoms with van der Waals surface area (Å²) in [4.78, 5) is 4.19. The van der Waals surface area contributed by atoms with E-state index in [0.29, 0.717) is 16.5 Å². The highest BCUT2D eigenvalue weighted by atomic mass is 16.3. The molecule has 21 heavy (non-hydrogen) atoms. The Labute approximate surface area is 127 Å². The highest BCUT2D eigenvalue weighted by Gasteiger charge is 2.62. The van der Waals surface area contributed by atoms with E-state index in [9.17, 15) is 5.11 Å². The molecule has 4 bridgehead atoms. The molecule has 0 aromatic carbocycles. The van der Waals surface area contributed by atoms with E-state index in [0.717, 1.165) is 30.7 Å². The number of nitrogens with two attached hydrogens (primary N) is 1. The van der Waals surface area contributed by atoms with Gasteiger partial charge in [0.05, 0.1) is 6.10 Å². The molecule has 0 spiro atoms. The van der Waals surface area contributed by atoms with Gasteiger partial charge in [0.2, 0.25) is 0 Å². The molecule has 3 atom stereocenters. The molecular weight excluding hydrogens is 260 g/mol. The quantitative estimate of drug-likeness (QED) is 0.871. The molecule has 5 rings (SSSR count). The van der Waals surface area contributed by atoms with Crippen LogP contribution in [-0.4, -0.2) is 10.1 Å². The van der Waals surface area contributed by atoms with Crippen molar-refractivity contribution in [3.8, 4) is 0 Å². The highest BCUT2D eigenvalue weighted by molar-refractivity contribution is 5.46. The molecule has 4 fully saturated rings. The Morgan fingerprint density at radius 2 is 1.86 bits per heavy atom. The number of aromatic nitrogens is 1. The van der Waals surface area contributed by atoms with E-state index in [2.05, 4.69) is 18.8 Å². The van der Waals surface area contributed by atoms with Crippen molar-refractivity contribution in [2.75, 3.05) is 5.73 Å². The summed E-state index contributed by atoms with van der Waals surface area (Å²) in [6.45, 7) is 4.87. The van der Waals surface area contributed by atoms with Crippen LogP contribution in [0.1, 0.15) is 64.0 Å². The molecule has 4 aliphatic rings. The number of pyridine rings is 1. The Kier molecular flexibility index (Phi) is 2.59. The molecule has 1 aromatic heterocycles. The van der Waals surface area contributed by atoms with Gasteiger partial charge >= 0.3 is 0 Å². The van der Waals surface area contributed by atoms with E-state index in [1.165, 1.54) is 19.3 Å². The van der Waals surface area contributed by atoms with E-state index in [-0.39, 0.29) is 5.41 Å². The molecule has 114 valence electrons. The van der Waals surface area contributed by atoms with Crippen LogP contribution >= 0.6 is 0 Å². The summed E-state index contributed by atoms with van der Waals surface area (Å²) in [6.07, 6.45) is 10.5. The zero-order valence-electron chi connectivity index (χ0n) is 13.1. The van der Waals surface area contributed by atoms with Gasteiger partial charge in [-0.2, -0.15) is 0 Å². The fraction of sp³-hybridized carbons (Fsp3) is 0.722. The first-order valence-electron chi connectivity index (χ1n) is 8.21. The molecule has 1 heterocycles. The predicted octanol–water partition coefficient (Wildman–Crippen LogP) is 3.69. The number of hydrogen-bond acceptors (Lipinski definition) is 3. The SMILES string of the molecule is CC12CC3CC(C)(C1)CC(C(O)c1cnccc1N)(C3)C2. The van der Waals surface area contributed by atoms with Gasteiger partial charge in [0.25, 0.3) is 0 Å². The van der Waals surface area contributed by atoms with Gasteiger partial charge in [0.15, 0.2) is 0 Å². The average Bonchev–Trinajstić information content (AvgIpc) is 2.34. The summed E-state index contributed by atoms with van der Waals surface area (Å²) in [7, 11) is 0. The summed E-state index contributed by atoms with van der Waals surface area (Å²) >= 11 is 0. The lowest BCUT2D eigenvalue weighted by Crippen LogP contribution is -2.56. The van der Waals surface area contributed by atoms with Crippen molar-refractivity contribution in [3.05, 3.63) is 24.0 Å². The van der Waals surface area contributed by atoms with Crippen molar-refractivity contribution in [3.63, 3.8) is 0 Å². The molecule has 0 aliphatic heterocycles. The Bertz CT molecular complexity index is 566. The van der Waals surface area contributed by atoms with E-state index in [1.807, 2.05) is 6.07 Å². The van der Waals surface area contributed by atoms with Crippen LogP contribution in [-0.2, 0) is 0 Å². The van der Waals surface area contributed by atoms with Crippen LogP contribution in [0.5, 0.6) is 0 Å². The second-order valence-electron chi connectivity index (χ2n) is 8.90. The van der Waals surface area contributed by atoms with Gasteiger partial charge in [-0.1, -0.05) is 13.8 Å². The van der Waals surface area contributed by atoms with Crippen molar-refractivity contribution in [2.24, 2.45) is 22.2 Å². The van der Waals surface area contributed by atoms with Crippen LogP contribution in [0.25, 0.3) is 0 Å². The third-order valence-corrected chi connectivity index (χ3v) is 6.43. The topological polar surface area (TPSA) is 59.1 Å². The first kappa shape index (κ1) is 13.6. The van der Waals surface area contributed by atoms with Gasteiger partial charge in [-0.3, -0.25) is 4.98 Å². The maximum Gasteiger partial charge on any atom is 0.0881 e. The van der Waals surface area contributed by atoms with Crippen molar-refractivity contribution >= 4 is 5.69 Å². The van der Waals surface area contributed by atoms with Crippen LogP contribution in [0.4, 0.5) is 5.69 Å². The van der Waals surface area contributed by atoms with Gasteiger partial charge in [-0.05, 0) is 61.3 Å². The molecular formula is C18H26N2O. The summed E-state index contributed by atoms with van der Waals surface area (Å²) in [5, 5.41) is 11.2. The largest absolute Gasteiger partial charge is 0.398 e. The van der Waals surface area contributed by atoms with Crippen LogP contribution in [0.2, 0.25) is 0 Å². The Morgan fingerprint density at radius 3 is 2.43 bits per heavy atom. The van der Waals surface area contributed by atoms with Gasteiger partial charge < -0.3 is 10.8 Å². The van der Waals surface area contributed by atoms with Crippen molar-refractivity contribution < 1.29 is 5.11 Å². The number of nitrogens with zero attached hydrogens (tertiary/aromatic N) is 1. The number of anilines is 1. The van der Waals surface area contributed by atoms with Crippen LogP contribution < -0.4 is 5.73 Å². The zero-order valence-corrected chi connectivity index (χ0v) is 13.1. The maximum absolute atomic E-state index is 11.2. The fourth-order valence-corrected chi connectivity index (χ4v) is 6.82. The molecule has 0 amide bonds. The van der Waals surface area contributed by atoms with Crippen molar-refractivity contribution in [1.29, 1.82) is 0 Å². The minimum Gasteiger partial charge on any atom is -0.398 e. The van der Waals surface area contributed by atoms with Crippen LogP contribution in [0.15, 0.2) is 18.5 Å². The van der Waals surface area contributed by atoms with Crippen LogP contribution in [0.3, 0.4) is 0 Å². The van der Waals surface area contributed by atoms with Crippen molar-refractivity contribution in [2.45, 2.75) is 58.5 Å². The Balaban J connectivity index is 1.76. The number of aliphatic hydroxyl groups excluding tert-OH is 1. The summed E-state index contributed by atoms with van der Waals surface area (Å²) in [6, 6.07) is 1.81. The molecule has 1 aromatic rings. The second kappa shape index (κ2) is 4.01. The van der Waals surface area contributed by atoms with Gasteiger partial charge in [-0.25, -0.2) is 0 Å².